The summed E-state index contributed by atoms with van der Waals surface area (Å²) in [5, 5.41) is 7.42. The Morgan fingerprint density at radius 2 is 1.75 bits per heavy atom. The molecule has 0 atom stereocenters. The molecule has 0 radical (unpaired) electrons. The highest BCUT2D eigenvalue weighted by molar-refractivity contribution is 5.95. The van der Waals surface area contributed by atoms with Gasteiger partial charge in [0.1, 0.15) is 11.3 Å². The van der Waals surface area contributed by atoms with Gasteiger partial charge in [-0.1, -0.05) is 45.0 Å². The number of hydrogen-bond donors (Lipinski definition) is 1. The maximum absolute atomic E-state index is 14.4. The minimum absolute atomic E-state index is 0.0709. The van der Waals surface area contributed by atoms with Crippen LogP contribution < -0.4 is 10.1 Å². The maximum atomic E-state index is 14.4. The van der Waals surface area contributed by atoms with Crippen molar-refractivity contribution >= 4 is 23.2 Å². The molecule has 2 heterocycles. The number of hydrogen-bond acceptors (Lipinski definition) is 6. The number of rotatable bonds is 11. The Labute approximate surface area is 254 Å². The van der Waals surface area contributed by atoms with Gasteiger partial charge >= 0.3 is 12.1 Å². The molecule has 0 fully saturated rings. The number of imidazole rings is 1. The molecule has 0 aliphatic rings. The van der Waals surface area contributed by atoms with Crippen molar-refractivity contribution in [3.8, 4) is 28.3 Å². The number of aryl methyl sites for hydroxylation is 1. The zero-order valence-corrected chi connectivity index (χ0v) is 25.5. The third-order valence-electron chi connectivity index (χ3n) is 6.96. The van der Waals surface area contributed by atoms with Crippen LogP contribution in [-0.2, 0) is 20.5 Å². The van der Waals surface area contributed by atoms with E-state index in [1.165, 1.54) is 28.8 Å². The summed E-state index contributed by atoms with van der Waals surface area (Å²) >= 11 is 0. The van der Waals surface area contributed by atoms with Gasteiger partial charge in [-0.25, -0.2) is 9.50 Å². The fourth-order valence-corrected chi connectivity index (χ4v) is 4.51. The summed E-state index contributed by atoms with van der Waals surface area (Å²) in [6, 6.07) is 12.8. The van der Waals surface area contributed by atoms with Gasteiger partial charge in [0.15, 0.2) is 5.65 Å². The van der Waals surface area contributed by atoms with E-state index in [1.54, 1.807) is 19.2 Å². The predicted molar refractivity (Wildman–Crippen MR) is 162 cm³/mol. The number of carbonyl (C=O) groups is 2. The Morgan fingerprint density at radius 3 is 2.45 bits per heavy atom. The van der Waals surface area contributed by atoms with Crippen LogP contribution in [0.1, 0.15) is 64.5 Å². The minimum atomic E-state index is -4.69. The summed E-state index contributed by atoms with van der Waals surface area (Å²) in [4.78, 5) is 28.6. The van der Waals surface area contributed by atoms with Crippen molar-refractivity contribution in [2.24, 2.45) is 5.41 Å². The van der Waals surface area contributed by atoms with Gasteiger partial charge in [0.25, 0.3) is 0 Å². The van der Waals surface area contributed by atoms with Crippen molar-refractivity contribution in [1.29, 1.82) is 0 Å². The first-order valence-corrected chi connectivity index (χ1v) is 14.6. The zero-order valence-electron chi connectivity index (χ0n) is 25.5. The van der Waals surface area contributed by atoms with Crippen molar-refractivity contribution in [2.45, 2.75) is 66.5 Å². The number of nitrogens with one attached hydrogen (secondary N) is 1. The number of aromatic nitrogens is 3. The first-order valence-electron chi connectivity index (χ1n) is 14.6. The molecule has 0 saturated carbocycles. The van der Waals surface area contributed by atoms with Crippen LogP contribution in [0.25, 0.3) is 28.2 Å². The first-order chi connectivity index (χ1) is 20.8. The molecule has 0 unspecified atom stereocenters. The molecule has 234 valence electrons. The zero-order chi connectivity index (χ0) is 32.1. The lowest BCUT2D eigenvalue weighted by atomic mass is 9.95. The number of alkyl halides is 3. The van der Waals surface area contributed by atoms with Crippen molar-refractivity contribution < 1.29 is 32.2 Å². The molecule has 0 bridgehead atoms. The quantitative estimate of drug-likeness (QED) is 0.137. The second-order valence-corrected chi connectivity index (χ2v) is 11.5. The van der Waals surface area contributed by atoms with Crippen LogP contribution in [-0.4, -0.2) is 39.7 Å². The molecule has 1 N–H and O–H groups in total. The Balaban J connectivity index is 1.57. The largest absolute Gasteiger partial charge is 0.493 e. The summed E-state index contributed by atoms with van der Waals surface area (Å²) in [6.07, 6.45) is -1.11. The highest BCUT2D eigenvalue weighted by Crippen LogP contribution is 2.42. The van der Waals surface area contributed by atoms with Crippen LogP contribution in [0.4, 0.5) is 18.9 Å². The smallest absolute Gasteiger partial charge is 0.420 e. The van der Waals surface area contributed by atoms with E-state index in [0.29, 0.717) is 42.9 Å². The molecule has 2 aromatic heterocycles. The SMILES string of the molecule is CCOC(=O)CCCCCOc1cccc(-c2ccc3nc(-c4ccc(C)c(NC(=O)C(C)(C)C)c4)cn3n2)c1C(F)(F)F. The van der Waals surface area contributed by atoms with E-state index in [1.807, 2.05) is 45.9 Å². The number of carbonyl (C=O) groups excluding carboxylic acids is 2. The molecule has 0 aliphatic heterocycles. The molecule has 8 nitrogen and oxygen atoms in total. The maximum Gasteiger partial charge on any atom is 0.420 e. The van der Waals surface area contributed by atoms with Crippen LogP contribution in [0.3, 0.4) is 0 Å². The third kappa shape index (κ3) is 7.94. The lowest BCUT2D eigenvalue weighted by molar-refractivity contribution is -0.143. The first kappa shape index (κ1) is 32.5. The summed E-state index contributed by atoms with van der Waals surface area (Å²) in [5.74, 6) is -0.694. The van der Waals surface area contributed by atoms with E-state index >= 15 is 0 Å². The topological polar surface area (TPSA) is 94.8 Å². The molecule has 11 heteroatoms. The van der Waals surface area contributed by atoms with Gasteiger partial charge in [-0.05, 0) is 62.9 Å². The Bertz CT molecular complexity index is 1640. The summed E-state index contributed by atoms with van der Waals surface area (Å²) in [6.45, 7) is 9.50. The molecular formula is C33H37F3N4O4. The van der Waals surface area contributed by atoms with E-state index in [9.17, 15) is 22.8 Å². The number of anilines is 1. The van der Waals surface area contributed by atoms with Crippen LogP contribution >= 0.6 is 0 Å². The monoisotopic (exact) mass is 610 g/mol. The molecule has 1 amide bonds. The molecule has 4 aromatic rings. The minimum Gasteiger partial charge on any atom is -0.493 e. The lowest BCUT2D eigenvalue weighted by Crippen LogP contribution is -2.27. The molecule has 0 saturated heterocycles. The fourth-order valence-electron chi connectivity index (χ4n) is 4.51. The fraction of sp³-hybridized carbons (Fsp3) is 0.394. The molecular weight excluding hydrogens is 573 g/mol. The van der Waals surface area contributed by atoms with Crippen molar-refractivity contribution in [3.63, 3.8) is 0 Å². The average molecular weight is 611 g/mol. The highest BCUT2D eigenvalue weighted by Gasteiger charge is 2.38. The molecule has 0 aliphatic carbocycles. The number of amides is 1. The Morgan fingerprint density at radius 1 is 0.977 bits per heavy atom. The summed E-state index contributed by atoms with van der Waals surface area (Å²) < 4.78 is 55.0. The standard InChI is InChI=1S/C33H37F3N4O4/c1-6-43-29(41)13-8-7-9-18-44-27-12-10-11-23(30(27)33(34,35)36)24-16-17-28-37-26(20-40(28)39-24)22-15-14-21(2)25(19-22)38-31(42)32(3,4)5/h10-12,14-17,19-20H,6-9,13,18H2,1-5H3,(H,38,42). The van der Waals surface area contributed by atoms with E-state index in [0.717, 1.165) is 11.1 Å². The number of fused-ring (bicyclic) bond motifs is 1. The number of ether oxygens (including phenoxy) is 2. The number of esters is 1. The second-order valence-electron chi connectivity index (χ2n) is 11.5. The van der Waals surface area contributed by atoms with Crippen molar-refractivity contribution in [2.75, 3.05) is 18.5 Å². The van der Waals surface area contributed by atoms with Gasteiger partial charge < -0.3 is 14.8 Å². The Kier molecular flexibility index (Phi) is 9.96. The predicted octanol–water partition coefficient (Wildman–Crippen LogP) is 7.88. The third-order valence-corrected chi connectivity index (χ3v) is 6.96. The molecule has 44 heavy (non-hydrogen) atoms. The highest BCUT2D eigenvalue weighted by atomic mass is 19.4. The van der Waals surface area contributed by atoms with Crippen LogP contribution in [0.15, 0.2) is 54.7 Å². The second kappa shape index (κ2) is 13.5. The normalized spacial score (nSPS) is 11.9. The van der Waals surface area contributed by atoms with Gasteiger partial charge in [0, 0.05) is 28.7 Å². The van der Waals surface area contributed by atoms with Crippen molar-refractivity contribution in [3.05, 3.63) is 65.9 Å². The number of unbranched alkanes of at least 4 members (excludes halogenated alkanes) is 2. The van der Waals surface area contributed by atoms with Gasteiger partial charge in [-0.15, -0.1) is 0 Å². The molecule has 4 rings (SSSR count). The number of halogens is 3. The average Bonchev–Trinajstić information content (AvgIpc) is 3.38. The van der Waals surface area contributed by atoms with Gasteiger partial charge in [0.05, 0.1) is 30.8 Å². The van der Waals surface area contributed by atoms with E-state index in [-0.39, 0.29) is 41.9 Å². The summed E-state index contributed by atoms with van der Waals surface area (Å²) in [7, 11) is 0. The van der Waals surface area contributed by atoms with Crippen LogP contribution in [0.5, 0.6) is 5.75 Å². The van der Waals surface area contributed by atoms with E-state index < -0.39 is 17.2 Å². The van der Waals surface area contributed by atoms with Gasteiger partial charge in [0.2, 0.25) is 5.91 Å². The van der Waals surface area contributed by atoms with Crippen LogP contribution in [0, 0.1) is 12.3 Å². The summed E-state index contributed by atoms with van der Waals surface area (Å²) in [5.41, 5.74) is 1.78. The number of nitrogens with zero attached hydrogens (tertiary/aromatic N) is 3. The van der Waals surface area contributed by atoms with E-state index in [4.69, 9.17) is 9.47 Å². The lowest BCUT2D eigenvalue weighted by Gasteiger charge is -2.19. The molecule has 0 spiro atoms. The van der Waals surface area contributed by atoms with E-state index in [2.05, 4.69) is 15.4 Å². The molecule has 2 aromatic carbocycles. The Hall–Kier alpha value is -4.41. The van der Waals surface area contributed by atoms with Crippen molar-refractivity contribution in [1.82, 2.24) is 14.6 Å². The van der Waals surface area contributed by atoms with Gasteiger partial charge in [-0.3, -0.25) is 9.59 Å². The van der Waals surface area contributed by atoms with Gasteiger partial charge in [-0.2, -0.15) is 18.3 Å². The van der Waals surface area contributed by atoms with Crippen LogP contribution in [0.2, 0.25) is 0 Å². The number of benzene rings is 2.